The van der Waals surface area contributed by atoms with Gasteiger partial charge in [-0.1, -0.05) is 29.8 Å². The molecular formula is C19H27N5O2. The summed E-state index contributed by atoms with van der Waals surface area (Å²) >= 11 is 0. The Morgan fingerprint density at radius 3 is 2.54 bits per heavy atom. The van der Waals surface area contributed by atoms with Crippen molar-refractivity contribution in [3.05, 3.63) is 41.5 Å². The van der Waals surface area contributed by atoms with Gasteiger partial charge in [-0.15, -0.1) is 0 Å². The molecule has 2 heterocycles. The van der Waals surface area contributed by atoms with E-state index in [2.05, 4.69) is 32.2 Å². The molecule has 1 aromatic carbocycles. The number of nitrogens with one attached hydrogen (secondary N) is 1. The molecule has 1 aliphatic rings. The van der Waals surface area contributed by atoms with Crippen LogP contribution in [0.2, 0.25) is 0 Å². The second-order valence-electron chi connectivity index (χ2n) is 6.80. The molecule has 2 aromatic rings. The van der Waals surface area contributed by atoms with Crippen LogP contribution in [-0.4, -0.2) is 58.6 Å². The lowest BCUT2D eigenvalue weighted by molar-refractivity contribution is -0.117. The molecule has 1 atom stereocenters. The first kappa shape index (κ1) is 18.5. The van der Waals surface area contributed by atoms with E-state index in [1.807, 2.05) is 38.1 Å². The van der Waals surface area contributed by atoms with E-state index in [-0.39, 0.29) is 11.9 Å². The Labute approximate surface area is 154 Å². The second-order valence-corrected chi connectivity index (χ2v) is 6.80. The highest BCUT2D eigenvalue weighted by atomic mass is 16.5. The van der Waals surface area contributed by atoms with Crippen LogP contribution in [0.3, 0.4) is 0 Å². The Balaban J connectivity index is 1.45. The number of benzene rings is 1. The molecule has 0 spiro atoms. The summed E-state index contributed by atoms with van der Waals surface area (Å²) < 4.78 is 5.36. The number of hydrogen-bond donors (Lipinski definition) is 1. The van der Waals surface area contributed by atoms with Gasteiger partial charge in [0.1, 0.15) is 0 Å². The van der Waals surface area contributed by atoms with Crippen molar-refractivity contribution in [3.8, 4) is 0 Å². The number of carbonyl (C=O) groups is 1. The van der Waals surface area contributed by atoms with Crippen LogP contribution in [-0.2, 0) is 11.2 Å². The highest BCUT2D eigenvalue weighted by Crippen LogP contribution is 2.20. The standard InChI is InChI=1S/C19H27N5O2/c1-4-17-21-19(26-22-17)15(3)24-11-9-23(10-12-24)13-18(25)20-16-7-5-14(2)6-8-16/h5-8,15H,4,9-13H2,1-3H3,(H,20,25)/t15-/m1/s1. The van der Waals surface area contributed by atoms with E-state index in [1.165, 1.54) is 5.56 Å². The Morgan fingerprint density at radius 1 is 1.23 bits per heavy atom. The fraction of sp³-hybridized carbons (Fsp3) is 0.526. The predicted molar refractivity (Wildman–Crippen MR) is 99.9 cm³/mol. The lowest BCUT2D eigenvalue weighted by Gasteiger charge is -2.36. The van der Waals surface area contributed by atoms with E-state index in [4.69, 9.17) is 4.52 Å². The lowest BCUT2D eigenvalue weighted by atomic mass is 10.2. The van der Waals surface area contributed by atoms with E-state index in [9.17, 15) is 4.79 Å². The van der Waals surface area contributed by atoms with Gasteiger partial charge in [0.15, 0.2) is 5.82 Å². The number of rotatable bonds is 6. The van der Waals surface area contributed by atoms with Crippen molar-refractivity contribution < 1.29 is 9.32 Å². The van der Waals surface area contributed by atoms with Gasteiger partial charge in [-0.3, -0.25) is 14.6 Å². The minimum Gasteiger partial charge on any atom is -0.338 e. The van der Waals surface area contributed by atoms with Gasteiger partial charge in [-0.05, 0) is 26.0 Å². The number of aryl methyl sites for hydroxylation is 2. The van der Waals surface area contributed by atoms with Crippen molar-refractivity contribution >= 4 is 11.6 Å². The Kier molecular flexibility index (Phi) is 6.00. The molecule has 0 bridgehead atoms. The number of piperazine rings is 1. The predicted octanol–water partition coefficient (Wildman–Crippen LogP) is 2.26. The molecule has 1 aliphatic heterocycles. The van der Waals surface area contributed by atoms with Crippen LogP contribution in [0.1, 0.15) is 37.2 Å². The highest BCUT2D eigenvalue weighted by Gasteiger charge is 2.26. The van der Waals surface area contributed by atoms with Gasteiger partial charge in [-0.25, -0.2) is 0 Å². The molecule has 7 nitrogen and oxygen atoms in total. The molecule has 26 heavy (non-hydrogen) atoms. The van der Waals surface area contributed by atoms with Crippen molar-refractivity contribution in [3.63, 3.8) is 0 Å². The number of anilines is 1. The maximum absolute atomic E-state index is 12.2. The molecule has 0 radical (unpaired) electrons. The van der Waals surface area contributed by atoms with E-state index in [1.54, 1.807) is 0 Å². The molecule has 1 saturated heterocycles. The molecule has 1 amide bonds. The average Bonchev–Trinajstić information content (AvgIpc) is 3.13. The number of hydrogen-bond acceptors (Lipinski definition) is 6. The first-order valence-electron chi connectivity index (χ1n) is 9.20. The quantitative estimate of drug-likeness (QED) is 0.855. The smallest absolute Gasteiger partial charge is 0.243 e. The SMILES string of the molecule is CCc1noc([C@@H](C)N2CCN(CC(=O)Nc3ccc(C)cc3)CC2)n1. The Morgan fingerprint density at radius 2 is 1.92 bits per heavy atom. The molecule has 1 aromatic heterocycles. The zero-order chi connectivity index (χ0) is 18.5. The first-order chi connectivity index (χ1) is 12.5. The van der Waals surface area contributed by atoms with Crippen molar-refractivity contribution in [2.24, 2.45) is 0 Å². The summed E-state index contributed by atoms with van der Waals surface area (Å²) in [5.74, 6) is 1.45. The molecule has 7 heteroatoms. The van der Waals surface area contributed by atoms with Gasteiger partial charge in [0.2, 0.25) is 11.8 Å². The van der Waals surface area contributed by atoms with Crippen LogP contribution >= 0.6 is 0 Å². The molecule has 0 saturated carbocycles. The maximum Gasteiger partial charge on any atom is 0.243 e. The van der Waals surface area contributed by atoms with Gasteiger partial charge < -0.3 is 9.84 Å². The third kappa shape index (κ3) is 4.68. The van der Waals surface area contributed by atoms with Crippen LogP contribution in [0.15, 0.2) is 28.8 Å². The number of nitrogens with zero attached hydrogens (tertiary/aromatic N) is 4. The fourth-order valence-electron chi connectivity index (χ4n) is 3.09. The van der Waals surface area contributed by atoms with Crippen molar-refractivity contribution in [2.75, 3.05) is 38.0 Å². The largest absolute Gasteiger partial charge is 0.338 e. The highest BCUT2D eigenvalue weighted by molar-refractivity contribution is 5.92. The second kappa shape index (κ2) is 8.42. The number of amides is 1. The minimum absolute atomic E-state index is 0.0276. The van der Waals surface area contributed by atoms with Gasteiger partial charge in [0.05, 0.1) is 12.6 Å². The van der Waals surface area contributed by atoms with E-state index >= 15 is 0 Å². The molecule has 1 N–H and O–H groups in total. The van der Waals surface area contributed by atoms with Crippen LogP contribution in [0.25, 0.3) is 0 Å². The molecular weight excluding hydrogens is 330 g/mol. The zero-order valence-electron chi connectivity index (χ0n) is 15.7. The monoisotopic (exact) mass is 357 g/mol. The van der Waals surface area contributed by atoms with Crippen molar-refractivity contribution in [2.45, 2.75) is 33.2 Å². The molecule has 3 rings (SSSR count). The molecule has 0 unspecified atom stereocenters. The van der Waals surface area contributed by atoms with Gasteiger partial charge in [-0.2, -0.15) is 4.98 Å². The summed E-state index contributed by atoms with van der Waals surface area (Å²) in [7, 11) is 0. The Bertz CT molecular complexity index is 720. The summed E-state index contributed by atoms with van der Waals surface area (Å²) in [4.78, 5) is 21.2. The summed E-state index contributed by atoms with van der Waals surface area (Å²) in [6.45, 7) is 10.00. The van der Waals surface area contributed by atoms with Crippen molar-refractivity contribution in [1.82, 2.24) is 19.9 Å². The topological polar surface area (TPSA) is 74.5 Å². The van der Waals surface area contributed by atoms with Crippen LogP contribution < -0.4 is 5.32 Å². The molecule has 1 fully saturated rings. The van der Waals surface area contributed by atoms with Crippen LogP contribution in [0.5, 0.6) is 0 Å². The van der Waals surface area contributed by atoms with Crippen LogP contribution in [0.4, 0.5) is 5.69 Å². The van der Waals surface area contributed by atoms with E-state index < -0.39 is 0 Å². The van der Waals surface area contributed by atoms with Gasteiger partial charge >= 0.3 is 0 Å². The van der Waals surface area contributed by atoms with Gasteiger partial charge in [0, 0.05) is 38.3 Å². The first-order valence-corrected chi connectivity index (χ1v) is 9.20. The zero-order valence-corrected chi connectivity index (χ0v) is 15.7. The summed E-state index contributed by atoms with van der Waals surface area (Å²) in [6.07, 6.45) is 0.778. The fourth-order valence-corrected chi connectivity index (χ4v) is 3.09. The third-order valence-corrected chi connectivity index (χ3v) is 4.81. The summed E-state index contributed by atoms with van der Waals surface area (Å²) in [5, 5.41) is 6.93. The van der Waals surface area contributed by atoms with Gasteiger partial charge in [0.25, 0.3) is 0 Å². The summed E-state index contributed by atoms with van der Waals surface area (Å²) in [6, 6.07) is 7.96. The van der Waals surface area contributed by atoms with Crippen LogP contribution in [0, 0.1) is 6.92 Å². The minimum atomic E-state index is 0.0276. The van der Waals surface area contributed by atoms with Crippen molar-refractivity contribution in [1.29, 1.82) is 0 Å². The maximum atomic E-state index is 12.2. The third-order valence-electron chi connectivity index (χ3n) is 4.81. The lowest BCUT2D eigenvalue weighted by Crippen LogP contribution is -2.49. The van der Waals surface area contributed by atoms with E-state index in [0.717, 1.165) is 44.1 Å². The summed E-state index contributed by atoms with van der Waals surface area (Å²) in [5.41, 5.74) is 2.02. The Hall–Kier alpha value is -2.25. The number of aromatic nitrogens is 2. The number of carbonyl (C=O) groups excluding carboxylic acids is 1. The molecule has 0 aliphatic carbocycles. The van der Waals surface area contributed by atoms with E-state index in [0.29, 0.717) is 12.4 Å². The molecule has 140 valence electrons. The normalized spacial score (nSPS) is 17.2. The average molecular weight is 357 g/mol.